The van der Waals surface area contributed by atoms with Crippen molar-refractivity contribution in [2.45, 2.75) is 32.2 Å². The third-order valence-corrected chi connectivity index (χ3v) is 2.49. The summed E-state index contributed by atoms with van der Waals surface area (Å²) in [6.07, 6.45) is 4.44. The largest absolute Gasteiger partial charge is 0.300 e. The van der Waals surface area contributed by atoms with Crippen LogP contribution in [0.4, 0.5) is 0 Å². The molecule has 2 heteroatoms. The van der Waals surface area contributed by atoms with Crippen LogP contribution < -0.4 is 0 Å². The molecule has 0 aromatic carbocycles. The maximum atomic E-state index is 10.9. The second kappa shape index (κ2) is 4.41. The highest BCUT2D eigenvalue weighted by Gasteiger charge is 2.19. The van der Waals surface area contributed by atoms with Gasteiger partial charge in [0, 0.05) is 32.0 Å². The van der Waals surface area contributed by atoms with Crippen molar-refractivity contribution >= 4 is 5.78 Å². The van der Waals surface area contributed by atoms with Crippen LogP contribution in [0, 0.1) is 0 Å². The SMILES string of the molecule is C=CCC(C)N1CCC(=O)CC1. The molecular formula is C10H17NO. The van der Waals surface area contributed by atoms with E-state index in [1.165, 1.54) is 0 Å². The van der Waals surface area contributed by atoms with Crippen molar-refractivity contribution in [1.29, 1.82) is 0 Å². The molecule has 0 amide bonds. The molecule has 1 unspecified atom stereocenters. The first-order chi connectivity index (χ1) is 5.74. The van der Waals surface area contributed by atoms with Gasteiger partial charge in [0.05, 0.1) is 0 Å². The highest BCUT2D eigenvalue weighted by atomic mass is 16.1. The van der Waals surface area contributed by atoms with E-state index in [0.717, 1.165) is 32.4 Å². The van der Waals surface area contributed by atoms with E-state index in [-0.39, 0.29) is 0 Å². The molecule has 1 atom stereocenters. The summed E-state index contributed by atoms with van der Waals surface area (Å²) in [7, 11) is 0. The number of hydrogen-bond acceptors (Lipinski definition) is 2. The molecule has 2 nitrogen and oxygen atoms in total. The van der Waals surface area contributed by atoms with Gasteiger partial charge in [0.15, 0.2) is 0 Å². The zero-order valence-electron chi connectivity index (χ0n) is 7.75. The lowest BCUT2D eigenvalue weighted by Gasteiger charge is -2.31. The minimum atomic E-state index is 0.414. The number of rotatable bonds is 3. The topological polar surface area (TPSA) is 20.3 Å². The van der Waals surface area contributed by atoms with Crippen molar-refractivity contribution in [3.8, 4) is 0 Å². The lowest BCUT2D eigenvalue weighted by Crippen LogP contribution is -2.39. The van der Waals surface area contributed by atoms with E-state index < -0.39 is 0 Å². The van der Waals surface area contributed by atoms with E-state index >= 15 is 0 Å². The Balaban J connectivity index is 2.33. The van der Waals surface area contributed by atoms with Gasteiger partial charge in [-0.1, -0.05) is 6.08 Å². The Kier molecular flexibility index (Phi) is 3.48. The Morgan fingerprint density at radius 2 is 2.17 bits per heavy atom. The second-order valence-corrected chi connectivity index (χ2v) is 3.45. The average Bonchev–Trinajstić information content (AvgIpc) is 2.06. The highest BCUT2D eigenvalue weighted by Crippen LogP contribution is 2.11. The van der Waals surface area contributed by atoms with Gasteiger partial charge in [0.25, 0.3) is 0 Å². The fourth-order valence-electron chi connectivity index (χ4n) is 1.60. The van der Waals surface area contributed by atoms with Gasteiger partial charge in [-0.2, -0.15) is 0 Å². The van der Waals surface area contributed by atoms with Gasteiger partial charge in [-0.15, -0.1) is 6.58 Å². The van der Waals surface area contributed by atoms with E-state index in [2.05, 4.69) is 18.4 Å². The number of carbonyl (C=O) groups is 1. The molecule has 1 saturated heterocycles. The molecule has 0 aromatic heterocycles. The average molecular weight is 167 g/mol. The van der Waals surface area contributed by atoms with E-state index in [0.29, 0.717) is 11.8 Å². The fraction of sp³-hybridized carbons (Fsp3) is 0.700. The van der Waals surface area contributed by atoms with Gasteiger partial charge >= 0.3 is 0 Å². The molecule has 1 rings (SSSR count). The van der Waals surface area contributed by atoms with Crippen molar-refractivity contribution in [3.63, 3.8) is 0 Å². The maximum absolute atomic E-state index is 10.9. The van der Waals surface area contributed by atoms with Gasteiger partial charge in [0.1, 0.15) is 5.78 Å². The van der Waals surface area contributed by atoms with Gasteiger partial charge in [0.2, 0.25) is 0 Å². The summed E-state index contributed by atoms with van der Waals surface area (Å²) in [6, 6.07) is 0.551. The fourth-order valence-corrected chi connectivity index (χ4v) is 1.60. The van der Waals surface area contributed by atoms with Gasteiger partial charge < -0.3 is 0 Å². The zero-order valence-corrected chi connectivity index (χ0v) is 7.75. The van der Waals surface area contributed by atoms with Crippen molar-refractivity contribution in [2.24, 2.45) is 0 Å². The van der Waals surface area contributed by atoms with Gasteiger partial charge in [-0.3, -0.25) is 9.69 Å². The standard InChI is InChI=1S/C10H17NO/c1-3-4-9(2)11-7-5-10(12)6-8-11/h3,9H,1,4-8H2,2H3. The van der Waals surface area contributed by atoms with Crippen molar-refractivity contribution < 1.29 is 4.79 Å². The molecule has 0 radical (unpaired) electrons. The summed E-state index contributed by atoms with van der Waals surface area (Å²) in [5, 5.41) is 0. The number of ketones is 1. The molecule has 0 aliphatic carbocycles. The third kappa shape index (κ3) is 2.45. The predicted molar refractivity (Wildman–Crippen MR) is 50.1 cm³/mol. The minimum Gasteiger partial charge on any atom is -0.300 e. The summed E-state index contributed by atoms with van der Waals surface area (Å²) in [4.78, 5) is 13.3. The summed E-state index contributed by atoms with van der Waals surface area (Å²) < 4.78 is 0. The molecular weight excluding hydrogens is 150 g/mol. The smallest absolute Gasteiger partial charge is 0.135 e. The number of nitrogens with zero attached hydrogens (tertiary/aromatic N) is 1. The summed E-state index contributed by atoms with van der Waals surface area (Å²) >= 11 is 0. The van der Waals surface area contributed by atoms with E-state index in [1.54, 1.807) is 0 Å². The third-order valence-electron chi connectivity index (χ3n) is 2.49. The minimum absolute atomic E-state index is 0.414. The van der Waals surface area contributed by atoms with Crippen LogP contribution in [0.1, 0.15) is 26.2 Å². The molecule has 0 aromatic rings. The molecule has 68 valence electrons. The van der Waals surface area contributed by atoms with Gasteiger partial charge in [-0.05, 0) is 13.3 Å². The molecule has 0 bridgehead atoms. The van der Waals surface area contributed by atoms with Crippen molar-refractivity contribution in [3.05, 3.63) is 12.7 Å². The van der Waals surface area contributed by atoms with Gasteiger partial charge in [-0.25, -0.2) is 0 Å². The Morgan fingerprint density at radius 1 is 1.58 bits per heavy atom. The monoisotopic (exact) mass is 167 g/mol. The van der Waals surface area contributed by atoms with E-state index in [4.69, 9.17) is 0 Å². The second-order valence-electron chi connectivity index (χ2n) is 3.45. The number of hydrogen-bond donors (Lipinski definition) is 0. The lowest BCUT2D eigenvalue weighted by molar-refractivity contribution is -0.121. The maximum Gasteiger partial charge on any atom is 0.135 e. The van der Waals surface area contributed by atoms with Crippen molar-refractivity contribution in [1.82, 2.24) is 4.90 Å². The number of likely N-dealkylation sites (tertiary alicyclic amines) is 1. The highest BCUT2D eigenvalue weighted by molar-refractivity contribution is 5.79. The van der Waals surface area contributed by atoms with Crippen molar-refractivity contribution in [2.75, 3.05) is 13.1 Å². The number of piperidine rings is 1. The summed E-state index contributed by atoms with van der Waals surface area (Å²) in [5.74, 6) is 0.414. The van der Waals surface area contributed by atoms with Crippen LogP contribution in [0.5, 0.6) is 0 Å². The first-order valence-corrected chi connectivity index (χ1v) is 4.60. The first kappa shape index (κ1) is 9.46. The first-order valence-electron chi connectivity index (χ1n) is 4.60. The Labute approximate surface area is 74.2 Å². The van der Waals surface area contributed by atoms with Crippen LogP contribution in [0.2, 0.25) is 0 Å². The van der Waals surface area contributed by atoms with Crippen LogP contribution in [-0.2, 0) is 4.79 Å². The lowest BCUT2D eigenvalue weighted by atomic mass is 10.1. The Bertz CT molecular complexity index is 167. The molecule has 12 heavy (non-hydrogen) atoms. The summed E-state index contributed by atoms with van der Waals surface area (Å²) in [6.45, 7) is 7.79. The molecule has 0 saturated carbocycles. The van der Waals surface area contributed by atoms with Crippen LogP contribution in [0.3, 0.4) is 0 Å². The summed E-state index contributed by atoms with van der Waals surface area (Å²) in [5.41, 5.74) is 0. The van der Waals surface area contributed by atoms with Crippen LogP contribution >= 0.6 is 0 Å². The number of Topliss-reactive ketones (excluding diaryl/α,β-unsaturated/α-hetero) is 1. The molecule has 1 aliphatic rings. The zero-order chi connectivity index (χ0) is 8.97. The normalized spacial score (nSPS) is 22.2. The molecule has 1 aliphatic heterocycles. The molecule has 1 heterocycles. The molecule has 0 N–H and O–H groups in total. The molecule has 0 spiro atoms. The Morgan fingerprint density at radius 3 is 2.67 bits per heavy atom. The quantitative estimate of drug-likeness (QED) is 0.595. The van der Waals surface area contributed by atoms with E-state index in [1.807, 2.05) is 6.08 Å². The van der Waals surface area contributed by atoms with Crippen LogP contribution in [0.15, 0.2) is 12.7 Å². The predicted octanol–water partition coefficient (Wildman–Crippen LogP) is 1.62. The van der Waals surface area contributed by atoms with E-state index in [9.17, 15) is 4.79 Å². The van der Waals surface area contributed by atoms with Crippen LogP contribution in [-0.4, -0.2) is 29.8 Å². The van der Waals surface area contributed by atoms with Crippen LogP contribution in [0.25, 0.3) is 0 Å². The number of carbonyl (C=O) groups excluding carboxylic acids is 1. The molecule has 1 fully saturated rings. The Hall–Kier alpha value is -0.630.